The number of carbonyl (C=O) groups excluding carboxylic acids is 2. The Labute approximate surface area is 212 Å². The minimum atomic E-state index is -0.872. The number of hydrogen-bond acceptors (Lipinski definition) is 5. The van der Waals surface area contributed by atoms with Crippen LogP contribution in [0.15, 0.2) is 48.5 Å². The van der Waals surface area contributed by atoms with E-state index in [-0.39, 0.29) is 43.2 Å². The van der Waals surface area contributed by atoms with Crippen LogP contribution in [0.3, 0.4) is 0 Å². The summed E-state index contributed by atoms with van der Waals surface area (Å²) in [6.45, 7) is 1.71. The standard InChI is InChI=1S/C27H37F2N3O4/c1-32(2)18-23(17-25(33)36-19-21-11-6-5-7-12-21)31-27(34)30-15-8-3-4-9-16-35-20-22-13-10-14-24(28)26(22)29/h5-7,10-14,23H,3-4,8-9,15-20H2,1-2H3,(H2,30,31,34). The number of hydrogen-bond donors (Lipinski definition) is 2. The molecule has 0 aromatic heterocycles. The van der Waals surface area contributed by atoms with Crippen molar-refractivity contribution in [3.05, 3.63) is 71.3 Å². The number of likely N-dealkylation sites (N-methyl/N-ethyl adjacent to an activating group) is 1. The molecule has 7 nitrogen and oxygen atoms in total. The number of nitrogens with zero attached hydrogens (tertiary/aromatic N) is 1. The predicted octanol–water partition coefficient (Wildman–Crippen LogP) is 4.40. The predicted molar refractivity (Wildman–Crippen MR) is 134 cm³/mol. The molecule has 0 spiro atoms. The average molecular weight is 506 g/mol. The van der Waals surface area contributed by atoms with Crippen molar-refractivity contribution in [1.82, 2.24) is 15.5 Å². The van der Waals surface area contributed by atoms with Crippen molar-refractivity contribution in [3.8, 4) is 0 Å². The van der Waals surface area contributed by atoms with Gasteiger partial charge in [-0.25, -0.2) is 13.6 Å². The molecule has 1 unspecified atom stereocenters. The third-order valence-electron chi connectivity index (χ3n) is 5.37. The Morgan fingerprint density at radius 2 is 1.69 bits per heavy atom. The van der Waals surface area contributed by atoms with E-state index in [9.17, 15) is 18.4 Å². The van der Waals surface area contributed by atoms with Gasteiger partial charge in [-0.2, -0.15) is 0 Å². The molecule has 9 heteroatoms. The van der Waals surface area contributed by atoms with Crippen LogP contribution in [0.25, 0.3) is 0 Å². The van der Waals surface area contributed by atoms with E-state index in [4.69, 9.17) is 9.47 Å². The summed E-state index contributed by atoms with van der Waals surface area (Å²) in [5, 5.41) is 5.67. The Morgan fingerprint density at radius 1 is 0.944 bits per heavy atom. The fourth-order valence-corrected chi connectivity index (χ4v) is 3.56. The molecule has 0 fully saturated rings. The van der Waals surface area contributed by atoms with Gasteiger partial charge in [-0.1, -0.05) is 55.3 Å². The summed E-state index contributed by atoms with van der Waals surface area (Å²) >= 11 is 0. The number of halogens is 2. The Morgan fingerprint density at radius 3 is 2.44 bits per heavy atom. The molecule has 36 heavy (non-hydrogen) atoms. The lowest BCUT2D eigenvalue weighted by atomic mass is 10.2. The quantitative estimate of drug-likeness (QED) is 0.261. The van der Waals surface area contributed by atoms with Crippen LogP contribution in [0.4, 0.5) is 13.6 Å². The number of ether oxygens (including phenoxy) is 2. The molecule has 2 aromatic carbocycles. The van der Waals surface area contributed by atoms with Gasteiger partial charge in [-0.3, -0.25) is 4.79 Å². The molecular weight excluding hydrogens is 468 g/mol. The summed E-state index contributed by atoms with van der Waals surface area (Å²) in [5.41, 5.74) is 1.12. The van der Waals surface area contributed by atoms with Gasteiger partial charge in [0.15, 0.2) is 11.6 Å². The van der Waals surface area contributed by atoms with Crippen molar-refractivity contribution in [2.24, 2.45) is 0 Å². The SMILES string of the molecule is CN(C)CC(CC(=O)OCc1ccccc1)NC(=O)NCCCCCCOCc1cccc(F)c1F. The van der Waals surface area contributed by atoms with E-state index < -0.39 is 11.6 Å². The van der Waals surface area contributed by atoms with Crippen LogP contribution in [0.1, 0.15) is 43.2 Å². The van der Waals surface area contributed by atoms with Crippen molar-refractivity contribution in [3.63, 3.8) is 0 Å². The van der Waals surface area contributed by atoms with Gasteiger partial charge < -0.3 is 25.0 Å². The molecule has 2 rings (SSSR count). The molecule has 0 saturated carbocycles. The number of amides is 2. The van der Waals surface area contributed by atoms with Crippen LogP contribution in [0, 0.1) is 11.6 Å². The highest BCUT2D eigenvalue weighted by Crippen LogP contribution is 2.12. The Hall–Kier alpha value is -3.04. The lowest BCUT2D eigenvalue weighted by Crippen LogP contribution is -2.47. The summed E-state index contributed by atoms with van der Waals surface area (Å²) in [5.74, 6) is -2.10. The van der Waals surface area contributed by atoms with E-state index in [1.165, 1.54) is 12.1 Å². The second-order valence-corrected chi connectivity index (χ2v) is 8.89. The fourth-order valence-electron chi connectivity index (χ4n) is 3.56. The molecule has 0 aliphatic heterocycles. The van der Waals surface area contributed by atoms with Crippen molar-refractivity contribution in [2.45, 2.75) is 51.4 Å². The second kappa shape index (κ2) is 16.6. The first kappa shape index (κ1) is 29.2. The maximum absolute atomic E-state index is 13.6. The normalized spacial score (nSPS) is 11.8. The van der Waals surface area contributed by atoms with Gasteiger partial charge >= 0.3 is 12.0 Å². The van der Waals surface area contributed by atoms with Crippen molar-refractivity contribution < 1.29 is 27.8 Å². The molecule has 0 heterocycles. The molecule has 0 bridgehead atoms. The molecular formula is C27H37F2N3O4. The summed E-state index contributed by atoms with van der Waals surface area (Å²) < 4.78 is 37.5. The minimum absolute atomic E-state index is 0.0409. The molecule has 198 valence electrons. The lowest BCUT2D eigenvalue weighted by Gasteiger charge is -2.22. The fraction of sp³-hybridized carbons (Fsp3) is 0.481. The minimum Gasteiger partial charge on any atom is -0.461 e. The number of carbonyl (C=O) groups is 2. The summed E-state index contributed by atoms with van der Waals surface area (Å²) in [4.78, 5) is 26.4. The van der Waals surface area contributed by atoms with Crippen LogP contribution in [0.2, 0.25) is 0 Å². The first-order chi connectivity index (χ1) is 17.3. The highest BCUT2D eigenvalue weighted by Gasteiger charge is 2.18. The van der Waals surface area contributed by atoms with Gasteiger partial charge in [0.05, 0.1) is 19.1 Å². The van der Waals surface area contributed by atoms with Crippen LogP contribution in [0.5, 0.6) is 0 Å². The number of rotatable bonds is 16. The van der Waals surface area contributed by atoms with Gasteiger partial charge in [0.2, 0.25) is 0 Å². The zero-order valence-electron chi connectivity index (χ0n) is 21.1. The third kappa shape index (κ3) is 12.1. The van der Waals surface area contributed by atoms with E-state index in [0.717, 1.165) is 37.3 Å². The molecule has 0 radical (unpaired) electrons. The average Bonchev–Trinajstić information content (AvgIpc) is 2.84. The Kier molecular flexibility index (Phi) is 13.5. The van der Waals surface area contributed by atoms with E-state index in [1.54, 1.807) is 0 Å². The maximum Gasteiger partial charge on any atom is 0.315 e. The van der Waals surface area contributed by atoms with E-state index in [1.807, 2.05) is 49.3 Å². The number of benzene rings is 2. The second-order valence-electron chi connectivity index (χ2n) is 8.89. The number of urea groups is 1. The Balaban J connectivity index is 1.56. The monoisotopic (exact) mass is 505 g/mol. The van der Waals surface area contributed by atoms with Crippen molar-refractivity contribution in [1.29, 1.82) is 0 Å². The molecule has 0 aliphatic rings. The number of esters is 1. The first-order valence-electron chi connectivity index (χ1n) is 12.2. The van der Waals surface area contributed by atoms with Gasteiger partial charge in [0.1, 0.15) is 6.61 Å². The largest absolute Gasteiger partial charge is 0.461 e. The summed E-state index contributed by atoms with van der Waals surface area (Å²) in [6.07, 6.45) is 3.46. The van der Waals surface area contributed by atoms with Gasteiger partial charge in [0.25, 0.3) is 0 Å². The number of nitrogens with one attached hydrogen (secondary N) is 2. The molecule has 1 atom stereocenters. The zero-order chi connectivity index (χ0) is 26.2. The van der Waals surface area contributed by atoms with Crippen molar-refractivity contribution in [2.75, 3.05) is 33.8 Å². The smallest absolute Gasteiger partial charge is 0.315 e. The van der Waals surface area contributed by atoms with Gasteiger partial charge in [0, 0.05) is 25.3 Å². The van der Waals surface area contributed by atoms with Crippen LogP contribution >= 0.6 is 0 Å². The maximum atomic E-state index is 13.6. The molecule has 0 saturated heterocycles. The Bertz CT molecular complexity index is 928. The van der Waals surface area contributed by atoms with Crippen LogP contribution in [-0.2, 0) is 27.5 Å². The molecule has 2 aromatic rings. The van der Waals surface area contributed by atoms with E-state index in [0.29, 0.717) is 19.7 Å². The highest BCUT2D eigenvalue weighted by molar-refractivity contribution is 5.76. The molecule has 2 N–H and O–H groups in total. The van der Waals surface area contributed by atoms with E-state index >= 15 is 0 Å². The van der Waals surface area contributed by atoms with Crippen molar-refractivity contribution >= 4 is 12.0 Å². The van der Waals surface area contributed by atoms with Crippen LogP contribution in [-0.4, -0.2) is 56.7 Å². The van der Waals surface area contributed by atoms with Gasteiger partial charge in [-0.05, 0) is 38.6 Å². The zero-order valence-corrected chi connectivity index (χ0v) is 21.1. The highest BCUT2D eigenvalue weighted by atomic mass is 19.2. The van der Waals surface area contributed by atoms with Crippen LogP contribution < -0.4 is 10.6 Å². The number of unbranched alkanes of at least 4 members (excludes halogenated alkanes) is 3. The topological polar surface area (TPSA) is 79.9 Å². The first-order valence-corrected chi connectivity index (χ1v) is 12.2. The summed E-state index contributed by atoms with van der Waals surface area (Å²) in [6, 6.07) is 12.8. The lowest BCUT2D eigenvalue weighted by molar-refractivity contribution is -0.145. The van der Waals surface area contributed by atoms with E-state index in [2.05, 4.69) is 10.6 Å². The summed E-state index contributed by atoms with van der Waals surface area (Å²) in [7, 11) is 3.75. The molecule has 0 aliphatic carbocycles. The molecule has 2 amide bonds. The third-order valence-corrected chi connectivity index (χ3v) is 5.37. The van der Waals surface area contributed by atoms with Gasteiger partial charge in [-0.15, -0.1) is 0 Å².